The van der Waals surface area contributed by atoms with Gasteiger partial charge in [0.2, 0.25) is 0 Å². The van der Waals surface area contributed by atoms with Crippen LogP contribution in [0.3, 0.4) is 0 Å². The largest absolute Gasteiger partial charge is 0.345 e. The number of aromatic amines is 1. The maximum absolute atomic E-state index is 4.34. The van der Waals surface area contributed by atoms with Crippen molar-refractivity contribution in [2.75, 3.05) is 14.1 Å². The van der Waals surface area contributed by atoms with Gasteiger partial charge in [-0.25, -0.2) is 4.98 Å². The summed E-state index contributed by atoms with van der Waals surface area (Å²) in [5.41, 5.74) is 3.46. The number of para-hydroxylation sites is 1. The lowest BCUT2D eigenvalue weighted by Crippen LogP contribution is -2.16. The topological polar surface area (TPSA) is 31.9 Å². The molecule has 0 fully saturated rings. The summed E-state index contributed by atoms with van der Waals surface area (Å²) in [5, 5.41) is 0. The maximum atomic E-state index is 4.34. The molecule has 0 aliphatic rings. The molecule has 0 amide bonds. The molecule has 0 saturated heterocycles. The summed E-state index contributed by atoms with van der Waals surface area (Å²) >= 11 is 0. The van der Waals surface area contributed by atoms with Crippen molar-refractivity contribution in [2.45, 2.75) is 13.0 Å². The number of benzene rings is 1. The number of imidazole rings is 1. The van der Waals surface area contributed by atoms with Crippen LogP contribution < -0.4 is 0 Å². The number of nitrogens with zero attached hydrogens (tertiary/aromatic N) is 2. The first-order valence-electron chi connectivity index (χ1n) is 4.78. The number of hydrogen-bond acceptors (Lipinski definition) is 2. The van der Waals surface area contributed by atoms with Gasteiger partial charge in [0.1, 0.15) is 0 Å². The van der Waals surface area contributed by atoms with Crippen LogP contribution in [0, 0.1) is 0 Å². The highest BCUT2D eigenvalue weighted by Crippen LogP contribution is 2.23. The Morgan fingerprint density at radius 1 is 1.36 bits per heavy atom. The Hall–Kier alpha value is -1.35. The van der Waals surface area contributed by atoms with Gasteiger partial charge in [-0.3, -0.25) is 0 Å². The van der Waals surface area contributed by atoms with Gasteiger partial charge in [0.15, 0.2) is 0 Å². The molecule has 3 heteroatoms. The number of rotatable bonds is 2. The Balaban J connectivity index is 2.56. The van der Waals surface area contributed by atoms with E-state index in [9.17, 15) is 0 Å². The van der Waals surface area contributed by atoms with Gasteiger partial charge in [0, 0.05) is 6.04 Å². The molecule has 1 unspecified atom stereocenters. The molecular formula is C11H15N3. The van der Waals surface area contributed by atoms with Gasteiger partial charge in [-0.1, -0.05) is 12.1 Å². The van der Waals surface area contributed by atoms with E-state index in [0.29, 0.717) is 6.04 Å². The standard InChI is InChI=1S/C11H15N3/c1-8(14(2)3)9-5-4-6-10-11(9)13-7-12-10/h4-8H,1-3H3,(H,12,13). The first kappa shape index (κ1) is 9.21. The van der Waals surface area contributed by atoms with Crippen molar-refractivity contribution >= 4 is 11.0 Å². The van der Waals surface area contributed by atoms with E-state index < -0.39 is 0 Å². The van der Waals surface area contributed by atoms with Crippen molar-refractivity contribution in [3.05, 3.63) is 30.1 Å². The minimum Gasteiger partial charge on any atom is -0.345 e. The van der Waals surface area contributed by atoms with E-state index in [1.807, 2.05) is 6.07 Å². The second-order valence-electron chi connectivity index (χ2n) is 3.79. The van der Waals surface area contributed by atoms with Gasteiger partial charge in [-0.15, -0.1) is 0 Å². The van der Waals surface area contributed by atoms with Crippen molar-refractivity contribution in [3.63, 3.8) is 0 Å². The SMILES string of the molecule is CC(c1cccc2[nH]cnc12)N(C)C. The molecule has 2 rings (SSSR count). The average Bonchev–Trinajstić information content (AvgIpc) is 2.63. The van der Waals surface area contributed by atoms with Crippen LogP contribution in [0.5, 0.6) is 0 Å². The summed E-state index contributed by atoms with van der Waals surface area (Å²) in [6, 6.07) is 6.64. The van der Waals surface area contributed by atoms with Crippen LogP contribution in [0.2, 0.25) is 0 Å². The van der Waals surface area contributed by atoms with Crippen LogP contribution in [0.15, 0.2) is 24.5 Å². The zero-order valence-corrected chi connectivity index (χ0v) is 8.78. The molecule has 1 N–H and O–H groups in total. The predicted octanol–water partition coefficient (Wildman–Crippen LogP) is 2.19. The normalized spacial score (nSPS) is 13.7. The van der Waals surface area contributed by atoms with Gasteiger partial charge in [-0.05, 0) is 32.6 Å². The lowest BCUT2D eigenvalue weighted by Gasteiger charge is -2.20. The van der Waals surface area contributed by atoms with Crippen molar-refractivity contribution in [3.8, 4) is 0 Å². The van der Waals surface area contributed by atoms with E-state index in [1.54, 1.807) is 6.33 Å². The molecule has 1 heterocycles. The molecule has 0 radical (unpaired) electrons. The molecule has 74 valence electrons. The van der Waals surface area contributed by atoms with Crippen LogP contribution in [-0.2, 0) is 0 Å². The van der Waals surface area contributed by atoms with Crippen molar-refractivity contribution in [1.29, 1.82) is 0 Å². The van der Waals surface area contributed by atoms with Crippen LogP contribution in [0.25, 0.3) is 11.0 Å². The lowest BCUT2D eigenvalue weighted by atomic mass is 10.1. The van der Waals surface area contributed by atoms with E-state index >= 15 is 0 Å². The molecule has 2 aromatic rings. The minimum absolute atomic E-state index is 0.391. The minimum atomic E-state index is 0.391. The number of hydrogen-bond donors (Lipinski definition) is 1. The van der Waals surface area contributed by atoms with E-state index in [4.69, 9.17) is 0 Å². The quantitative estimate of drug-likeness (QED) is 0.785. The van der Waals surface area contributed by atoms with Crippen LogP contribution >= 0.6 is 0 Å². The monoisotopic (exact) mass is 189 g/mol. The molecule has 0 aliphatic carbocycles. The summed E-state index contributed by atoms with van der Waals surface area (Å²) in [6.07, 6.45) is 1.75. The molecule has 1 aromatic heterocycles. The van der Waals surface area contributed by atoms with Crippen molar-refractivity contribution < 1.29 is 0 Å². The zero-order valence-electron chi connectivity index (χ0n) is 8.78. The van der Waals surface area contributed by atoms with Gasteiger partial charge in [0.25, 0.3) is 0 Å². The fourth-order valence-electron chi connectivity index (χ4n) is 1.60. The average molecular weight is 189 g/mol. The molecule has 0 spiro atoms. The number of fused-ring (bicyclic) bond motifs is 1. The summed E-state index contributed by atoms with van der Waals surface area (Å²) < 4.78 is 0. The molecule has 0 saturated carbocycles. The summed E-state index contributed by atoms with van der Waals surface area (Å²) in [5.74, 6) is 0. The van der Waals surface area contributed by atoms with E-state index in [1.165, 1.54) is 5.56 Å². The fraction of sp³-hybridized carbons (Fsp3) is 0.364. The van der Waals surface area contributed by atoms with Gasteiger partial charge >= 0.3 is 0 Å². The molecule has 1 atom stereocenters. The maximum Gasteiger partial charge on any atom is 0.0932 e. The van der Waals surface area contributed by atoms with Gasteiger partial charge < -0.3 is 9.88 Å². The molecule has 14 heavy (non-hydrogen) atoms. The number of H-pyrrole nitrogens is 1. The molecule has 0 bridgehead atoms. The highest BCUT2D eigenvalue weighted by molar-refractivity contribution is 5.78. The fourth-order valence-corrected chi connectivity index (χ4v) is 1.60. The van der Waals surface area contributed by atoms with Crippen LogP contribution in [-0.4, -0.2) is 29.0 Å². The molecule has 1 aromatic carbocycles. The Bertz CT molecular complexity index is 431. The van der Waals surface area contributed by atoms with Crippen LogP contribution in [0.4, 0.5) is 0 Å². The number of aromatic nitrogens is 2. The summed E-state index contributed by atoms with van der Waals surface area (Å²) in [4.78, 5) is 9.65. The smallest absolute Gasteiger partial charge is 0.0932 e. The summed E-state index contributed by atoms with van der Waals surface area (Å²) in [6.45, 7) is 2.18. The van der Waals surface area contributed by atoms with Crippen molar-refractivity contribution in [1.82, 2.24) is 14.9 Å². The highest BCUT2D eigenvalue weighted by Gasteiger charge is 2.12. The predicted molar refractivity (Wildman–Crippen MR) is 58.2 cm³/mol. The van der Waals surface area contributed by atoms with Crippen molar-refractivity contribution in [2.24, 2.45) is 0 Å². The molecule has 0 aliphatic heterocycles. The van der Waals surface area contributed by atoms with Crippen LogP contribution in [0.1, 0.15) is 18.5 Å². The molecular weight excluding hydrogens is 174 g/mol. The Morgan fingerprint density at radius 3 is 2.86 bits per heavy atom. The number of nitrogens with one attached hydrogen (secondary N) is 1. The third kappa shape index (κ3) is 1.40. The Labute approximate surface area is 83.8 Å². The second-order valence-corrected chi connectivity index (χ2v) is 3.79. The Morgan fingerprint density at radius 2 is 2.14 bits per heavy atom. The zero-order chi connectivity index (χ0) is 10.1. The summed E-state index contributed by atoms with van der Waals surface area (Å²) in [7, 11) is 4.16. The highest BCUT2D eigenvalue weighted by atomic mass is 15.1. The molecule has 3 nitrogen and oxygen atoms in total. The first-order valence-corrected chi connectivity index (χ1v) is 4.78. The van der Waals surface area contributed by atoms with E-state index in [0.717, 1.165) is 11.0 Å². The van der Waals surface area contributed by atoms with Gasteiger partial charge in [-0.2, -0.15) is 0 Å². The lowest BCUT2D eigenvalue weighted by molar-refractivity contribution is 0.322. The second kappa shape index (κ2) is 3.42. The third-order valence-corrected chi connectivity index (χ3v) is 2.71. The van der Waals surface area contributed by atoms with E-state index in [-0.39, 0.29) is 0 Å². The van der Waals surface area contributed by atoms with E-state index in [2.05, 4.69) is 48.0 Å². The van der Waals surface area contributed by atoms with Gasteiger partial charge in [0.05, 0.1) is 17.4 Å². The third-order valence-electron chi connectivity index (χ3n) is 2.71. The first-order chi connectivity index (χ1) is 6.70. The Kier molecular flexibility index (Phi) is 2.25.